The van der Waals surface area contributed by atoms with Crippen LogP contribution < -0.4 is 18.9 Å². The van der Waals surface area contributed by atoms with Gasteiger partial charge < -0.3 is 1.43 Å². The van der Waals surface area contributed by atoms with Crippen LogP contribution in [0.5, 0.6) is 0 Å². The summed E-state index contributed by atoms with van der Waals surface area (Å²) in [6, 6.07) is 0. The average molecular weight is 134 g/mol. The number of hydrogen-bond acceptors (Lipinski definition) is 1. The maximum absolute atomic E-state index is 8.06. The van der Waals surface area contributed by atoms with Crippen LogP contribution in [0.2, 0.25) is 0 Å². The van der Waals surface area contributed by atoms with E-state index in [4.69, 9.17) is 4.57 Å². The summed E-state index contributed by atoms with van der Waals surface area (Å²) in [5, 5.41) is 0. The maximum Gasteiger partial charge on any atom is 1.00 e. The van der Waals surface area contributed by atoms with E-state index >= 15 is 0 Å². The minimum Gasteiger partial charge on any atom is -1.00 e. The normalized spacial score (nSPS) is 0.800. The van der Waals surface area contributed by atoms with E-state index in [0.717, 1.165) is 0 Å². The molecule has 0 bridgehead atoms. The van der Waals surface area contributed by atoms with E-state index in [1.807, 2.05) is 0 Å². The molecule has 0 aromatic heterocycles. The van der Waals surface area contributed by atoms with Gasteiger partial charge in [0.1, 0.15) is 9.12 Å². The summed E-state index contributed by atoms with van der Waals surface area (Å²) in [6.45, 7) is 0. The zero-order valence-electron chi connectivity index (χ0n) is 3.41. The van der Waals surface area contributed by atoms with Gasteiger partial charge in [-0.2, -0.15) is 0 Å². The van der Waals surface area contributed by atoms with Crippen LogP contribution >= 0.6 is 9.12 Å². The van der Waals surface area contributed by atoms with Gasteiger partial charge in [0, 0.05) is 21.7 Å². The topological polar surface area (TPSA) is 17.1 Å². The van der Waals surface area contributed by atoms with Crippen molar-refractivity contribution in [2.75, 3.05) is 0 Å². The van der Waals surface area contributed by atoms with Crippen LogP contribution in [-0.2, 0) is 26.3 Å². The van der Waals surface area contributed by atoms with Crippen molar-refractivity contribution in [1.29, 1.82) is 0 Å². The molecule has 0 atom stereocenters. The van der Waals surface area contributed by atoms with Gasteiger partial charge in [-0.1, -0.05) is 0 Å². The van der Waals surface area contributed by atoms with Crippen molar-refractivity contribution in [3.8, 4) is 0 Å². The second-order valence-electron chi connectivity index (χ2n) is 0. The van der Waals surface area contributed by atoms with Crippen LogP contribution in [0.1, 0.15) is 1.43 Å². The summed E-state index contributed by atoms with van der Waals surface area (Å²) in [7, 11) is 1.72. The Morgan fingerprint density at radius 1 is 1.40 bits per heavy atom. The SMILES string of the molecule is O=P.[AlH3].[H-].[Li+].[Ti]. The molecular formula is H5AlLiOPTi. The van der Waals surface area contributed by atoms with Crippen molar-refractivity contribution in [1.82, 2.24) is 0 Å². The van der Waals surface area contributed by atoms with E-state index in [1.165, 1.54) is 0 Å². The van der Waals surface area contributed by atoms with Gasteiger partial charge in [-0.15, -0.1) is 0 Å². The Morgan fingerprint density at radius 2 is 1.40 bits per heavy atom. The van der Waals surface area contributed by atoms with Gasteiger partial charge in [0.2, 0.25) is 0 Å². The van der Waals surface area contributed by atoms with Crippen LogP contribution in [0, 0.1) is 0 Å². The molecule has 0 aromatic rings. The fourth-order valence-electron chi connectivity index (χ4n) is 0. The third-order valence-corrected chi connectivity index (χ3v) is 0. The molecule has 0 amide bonds. The summed E-state index contributed by atoms with van der Waals surface area (Å²) in [5.74, 6) is 0. The van der Waals surface area contributed by atoms with Crippen LogP contribution in [0.3, 0.4) is 0 Å². The third kappa shape index (κ3) is 24.5. The quantitative estimate of drug-likeness (QED) is 0.247. The summed E-state index contributed by atoms with van der Waals surface area (Å²) >= 11 is 0. The average Bonchev–Trinajstić information content (AvgIpc) is 1.00. The van der Waals surface area contributed by atoms with Crippen molar-refractivity contribution >= 4 is 26.5 Å². The molecule has 0 fully saturated rings. The number of hydrogen-bond donors (Lipinski definition) is 0. The van der Waals surface area contributed by atoms with Crippen LogP contribution in [0.4, 0.5) is 0 Å². The van der Waals surface area contributed by atoms with Crippen LogP contribution in [0.15, 0.2) is 0 Å². The summed E-state index contributed by atoms with van der Waals surface area (Å²) < 4.78 is 8.06. The van der Waals surface area contributed by atoms with Gasteiger partial charge in [-0.3, -0.25) is 4.57 Å². The molecule has 0 saturated heterocycles. The Hall–Kier alpha value is 1.94. The van der Waals surface area contributed by atoms with Gasteiger partial charge in [0.25, 0.3) is 0 Å². The summed E-state index contributed by atoms with van der Waals surface area (Å²) in [6.07, 6.45) is 0. The van der Waals surface area contributed by atoms with Gasteiger partial charge in [-0.05, 0) is 0 Å². The van der Waals surface area contributed by atoms with Crippen LogP contribution in [0.25, 0.3) is 0 Å². The van der Waals surface area contributed by atoms with E-state index < -0.39 is 0 Å². The molecule has 0 heterocycles. The minimum atomic E-state index is 0. The van der Waals surface area contributed by atoms with E-state index in [9.17, 15) is 0 Å². The minimum absolute atomic E-state index is 0. The molecule has 0 rings (SSSR count). The second kappa shape index (κ2) is 38.4. The van der Waals surface area contributed by atoms with E-state index in [0.29, 0.717) is 0 Å². The van der Waals surface area contributed by atoms with Crippen molar-refractivity contribution in [2.24, 2.45) is 0 Å². The molecule has 24 valence electrons. The Morgan fingerprint density at radius 3 is 1.40 bits per heavy atom. The maximum atomic E-state index is 8.06. The Kier molecular flexibility index (Phi) is 218. The predicted octanol–water partition coefficient (Wildman–Crippen LogP) is -3.60. The first kappa shape index (κ1) is 28.3. The van der Waals surface area contributed by atoms with Gasteiger partial charge in [0.15, 0.2) is 17.4 Å². The second-order valence-corrected chi connectivity index (χ2v) is 0. The zero-order chi connectivity index (χ0) is 2.00. The molecule has 5 heteroatoms. The molecule has 0 spiro atoms. The first-order chi connectivity index (χ1) is 1.00. The Labute approximate surface area is 72.6 Å². The fourth-order valence-corrected chi connectivity index (χ4v) is 0. The smallest absolute Gasteiger partial charge is 1.00 e. The molecule has 0 aliphatic rings. The molecule has 0 aliphatic carbocycles. The van der Waals surface area contributed by atoms with Gasteiger partial charge >= 0.3 is 18.9 Å². The molecule has 0 N–H and O–H groups in total. The molecular weight excluding hydrogens is 129 g/mol. The molecule has 0 aliphatic heterocycles. The molecule has 0 unspecified atom stereocenters. The fraction of sp³-hybridized carbons (Fsp3) is 0. The Balaban J connectivity index is -0.000000000833. The first-order valence-corrected chi connectivity index (χ1v) is 0.612. The zero-order valence-corrected chi connectivity index (χ0v) is 4.97. The number of rotatable bonds is 0. The van der Waals surface area contributed by atoms with Crippen molar-refractivity contribution in [3.63, 3.8) is 0 Å². The monoisotopic (exact) mass is 134 g/mol. The van der Waals surface area contributed by atoms with E-state index in [1.54, 1.807) is 9.12 Å². The van der Waals surface area contributed by atoms with Crippen molar-refractivity contribution < 1.29 is 46.6 Å². The van der Waals surface area contributed by atoms with E-state index in [2.05, 4.69) is 0 Å². The van der Waals surface area contributed by atoms with Crippen molar-refractivity contribution in [3.05, 3.63) is 0 Å². The Bertz CT molecular complexity index is 15.5. The molecule has 1 nitrogen and oxygen atoms in total. The van der Waals surface area contributed by atoms with Crippen molar-refractivity contribution in [2.45, 2.75) is 0 Å². The van der Waals surface area contributed by atoms with Gasteiger partial charge in [0.05, 0.1) is 0 Å². The largest absolute Gasteiger partial charge is 1.00 e. The summed E-state index contributed by atoms with van der Waals surface area (Å²) in [4.78, 5) is 0. The predicted molar refractivity (Wildman–Crippen MR) is 20.1 cm³/mol. The molecule has 0 aromatic carbocycles. The molecule has 0 saturated carbocycles. The first-order valence-electron chi connectivity index (χ1n) is 0.204. The molecule has 0 radical (unpaired) electrons. The third-order valence-electron chi connectivity index (χ3n) is 0. The summed E-state index contributed by atoms with van der Waals surface area (Å²) in [5.41, 5.74) is 0. The van der Waals surface area contributed by atoms with Crippen LogP contribution in [-0.4, -0.2) is 17.4 Å². The van der Waals surface area contributed by atoms with E-state index in [-0.39, 0.29) is 59.4 Å². The van der Waals surface area contributed by atoms with Gasteiger partial charge in [-0.25, -0.2) is 0 Å². The standard InChI is InChI=1S/Al.Li.HOP.Ti.4H/c;;1-2;;;;;/h;;2H;;;;;/q;+1;;;;;;-1. The molecule has 5 heavy (non-hydrogen) atoms.